The van der Waals surface area contributed by atoms with Crippen molar-refractivity contribution in [3.63, 3.8) is 0 Å². The van der Waals surface area contributed by atoms with Gasteiger partial charge in [-0.15, -0.1) is 0 Å². The summed E-state index contributed by atoms with van der Waals surface area (Å²) < 4.78 is 5.61. The van der Waals surface area contributed by atoms with Gasteiger partial charge < -0.3 is 4.52 Å². The van der Waals surface area contributed by atoms with Gasteiger partial charge in [0, 0.05) is 23.5 Å². The predicted molar refractivity (Wildman–Crippen MR) is 93.3 cm³/mol. The van der Waals surface area contributed by atoms with E-state index in [4.69, 9.17) is 4.52 Å². The smallest absolute Gasteiger partial charge is 0.174 e. The van der Waals surface area contributed by atoms with Gasteiger partial charge in [0.05, 0.1) is 6.20 Å². The van der Waals surface area contributed by atoms with Crippen LogP contribution < -0.4 is 0 Å². The van der Waals surface area contributed by atoms with Gasteiger partial charge in [-0.2, -0.15) is 0 Å². The van der Waals surface area contributed by atoms with E-state index < -0.39 is 0 Å². The third kappa shape index (κ3) is 2.91. The Bertz CT molecular complexity index is 765. The molecule has 0 bridgehead atoms. The van der Waals surface area contributed by atoms with Gasteiger partial charge in [0.2, 0.25) is 0 Å². The standard InChI is InChI=1S/C20H22N2O/c1-4-14-11-17(12-15(5-2)18(14)6-3)20-19(13-22-23-20)16-7-9-21-10-8-16/h7-13H,4-6H2,1-3H3. The van der Waals surface area contributed by atoms with Crippen molar-refractivity contribution < 1.29 is 4.52 Å². The van der Waals surface area contributed by atoms with E-state index in [-0.39, 0.29) is 0 Å². The Morgan fingerprint density at radius 2 is 1.52 bits per heavy atom. The van der Waals surface area contributed by atoms with Crippen molar-refractivity contribution in [2.75, 3.05) is 0 Å². The van der Waals surface area contributed by atoms with Gasteiger partial charge in [-0.05, 0) is 65.8 Å². The summed E-state index contributed by atoms with van der Waals surface area (Å²) in [6.07, 6.45) is 8.50. The number of aryl methyl sites for hydroxylation is 2. The van der Waals surface area contributed by atoms with Crippen LogP contribution in [0.2, 0.25) is 0 Å². The molecule has 0 fully saturated rings. The second-order valence-corrected chi connectivity index (χ2v) is 5.64. The molecule has 0 unspecified atom stereocenters. The van der Waals surface area contributed by atoms with Crippen LogP contribution in [0.5, 0.6) is 0 Å². The normalized spacial score (nSPS) is 10.9. The lowest BCUT2D eigenvalue weighted by Crippen LogP contribution is -1.99. The fraction of sp³-hybridized carbons (Fsp3) is 0.300. The van der Waals surface area contributed by atoms with E-state index in [1.54, 1.807) is 18.6 Å². The van der Waals surface area contributed by atoms with Crippen LogP contribution in [0.4, 0.5) is 0 Å². The van der Waals surface area contributed by atoms with Crippen molar-refractivity contribution in [1.82, 2.24) is 10.1 Å². The molecule has 0 aliphatic carbocycles. The summed E-state index contributed by atoms with van der Waals surface area (Å²) in [5, 5.41) is 4.03. The van der Waals surface area contributed by atoms with Crippen LogP contribution in [0.3, 0.4) is 0 Å². The molecule has 118 valence electrons. The molecule has 0 spiro atoms. The third-order valence-corrected chi connectivity index (χ3v) is 4.37. The molecule has 0 N–H and O–H groups in total. The van der Waals surface area contributed by atoms with Crippen molar-refractivity contribution in [3.05, 3.63) is 59.5 Å². The van der Waals surface area contributed by atoms with E-state index in [0.717, 1.165) is 41.7 Å². The highest BCUT2D eigenvalue weighted by molar-refractivity contribution is 5.79. The number of aromatic nitrogens is 2. The number of hydrogen-bond donors (Lipinski definition) is 0. The van der Waals surface area contributed by atoms with Gasteiger partial charge in [-0.1, -0.05) is 25.9 Å². The molecule has 3 heteroatoms. The van der Waals surface area contributed by atoms with Crippen LogP contribution in [0, 0.1) is 0 Å². The van der Waals surface area contributed by atoms with Crippen molar-refractivity contribution in [2.45, 2.75) is 40.0 Å². The predicted octanol–water partition coefficient (Wildman–Crippen LogP) is 5.09. The molecule has 0 amide bonds. The van der Waals surface area contributed by atoms with Crippen LogP contribution in [-0.2, 0) is 19.3 Å². The molecule has 0 saturated heterocycles. The molecule has 0 radical (unpaired) electrons. The van der Waals surface area contributed by atoms with Crippen molar-refractivity contribution in [1.29, 1.82) is 0 Å². The zero-order valence-electron chi connectivity index (χ0n) is 14.0. The average molecular weight is 306 g/mol. The zero-order chi connectivity index (χ0) is 16.2. The van der Waals surface area contributed by atoms with Crippen LogP contribution in [0.1, 0.15) is 37.5 Å². The molecule has 23 heavy (non-hydrogen) atoms. The molecule has 1 aromatic carbocycles. The Hall–Kier alpha value is -2.42. The van der Waals surface area contributed by atoms with Crippen LogP contribution >= 0.6 is 0 Å². The SMILES string of the molecule is CCc1cc(-c2oncc2-c2ccncc2)cc(CC)c1CC. The first-order chi connectivity index (χ1) is 11.3. The second kappa shape index (κ2) is 6.78. The maximum atomic E-state index is 5.61. The maximum Gasteiger partial charge on any atom is 0.174 e. The summed E-state index contributed by atoms with van der Waals surface area (Å²) in [5.74, 6) is 0.836. The Labute approximate surface area is 137 Å². The van der Waals surface area contributed by atoms with Crippen LogP contribution in [-0.4, -0.2) is 10.1 Å². The van der Waals surface area contributed by atoms with Crippen molar-refractivity contribution in [3.8, 4) is 22.5 Å². The summed E-state index contributed by atoms with van der Waals surface area (Å²) >= 11 is 0. The molecular weight excluding hydrogens is 284 g/mol. The summed E-state index contributed by atoms with van der Waals surface area (Å²) in [7, 11) is 0. The number of pyridine rings is 1. The summed E-state index contributed by atoms with van der Waals surface area (Å²) in [6, 6.07) is 8.47. The third-order valence-electron chi connectivity index (χ3n) is 4.37. The number of rotatable bonds is 5. The lowest BCUT2D eigenvalue weighted by atomic mass is 9.91. The Kier molecular flexibility index (Phi) is 4.56. The van der Waals surface area contributed by atoms with Gasteiger partial charge in [-0.3, -0.25) is 4.98 Å². The molecule has 3 aromatic rings. The Morgan fingerprint density at radius 1 is 0.870 bits per heavy atom. The first-order valence-electron chi connectivity index (χ1n) is 8.28. The summed E-state index contributed by atoms with van der Waals surface area (Å²) in [6.45, 7) is 6.65. The van der Waals surface area contributed by atoms with Gasteiger partial charge in [0.25, 0.3) is 0 Å². The van der Waals surface area contributed by atoms with Crippen molar-refractivity contribution in [2.24, 2.45) is 0 Å². The molecule has 3 rings (SSSR count). The lowest BCUT2D eigenvalue weighted by molar-refractivity contribution is 0.432. The maximum absolute atomic E-state index is 5.61. The van der Waals surface area contributed by atoms with Crippen LogP contribution in [0.15, 0.2) is 47.4 Å². The van der Waals surface area contributed by atoms with Gasteiger partial charge in [-0.25, -0.2) is 0 Å². The van der Waals surface area contributed by atoms with E-state index in [9.17, 15) is 0 Å². The Balaban J connectivity index is 2.15. The fourth-order valence-electron chi connectivity index (χ4n) is 3.20. The van der Waals surface area contributed by atoms with E-state index in [1.165, 1.54) is 16.7 Å². The lowest BCUT2D eigenvalue weighted by Gasteiger charge is -2.14. The molecular formula is C20H22N2O. The van der Waals surface area contributed by atoms with E-state index in [0.29, 0.717) is 0 Å². The molecule has 0 aliphatic rings. The summed E-state index contributed by atoms with van der Waals surface area (Å²) in [5.41, 5.74) is 7.48. The average Bonchev–Trinajstić information content (AvgIpc) is 3.10. The molecule has 0 saturated carbocycles. The van der Waals surface area contributed by atoms with E-state index in [2.05, 4.69) is 43.0 Å². The first-order valence-corrected chi connectivity index (χ1v) is 8.28. The fourth-order valence-corrected chi connectivity index (χ4v) is 3.20. The molecule has 2 heterocycles. The number of nitrogens with zero attached hydrogens (tertiary/aromatic N) is 2. The quantitative estimate of drug-likeness (QED) is 0.659. The van der Waals surface area contributed by atoms with Gasteiger partial charge >= 0.3 is 0 Å². The second-order valence-electron chi connectivity index (χ2n) is 5.64. The van der Waals surface area contributed by atoms with E-state index >= 15 is 0 Å². The zero-order valence-corrected chi connectivity index (χ0v) is 14.0. The minimum absolute atomic E-state index is 0.836. The van der Waals surface area contributed by atoms with Crippen molar-refractivity contribution >= 4 is 0 Å². The highest BCUT2D eigenvalue weighted by Gasteiger charge is 2.16. The summed E-state index contributed by atoms with van der Waals surface area (Å²) in [4.78, 5) is 4.08. The van der Waals surface area contributed by atoms with E-state index in [1.807, 2.05) is 12.1 Å². The van der Waals surface area contributed by atoms with Crippen LogP contribution in [0.25, 0.3) is 22.5 Å². The molecule has 0 aliphatic heterocycles. The minimum atomic E-state index is 0.836. The van der Waals surface area contributed by atoms with Gasteiger partial charge in [0.15, 0.2) is 5.76 Å². The van der Waals surface area contributed by atoms with Gasteiger partial charge in [0.1, 0.15) is 0 Å². The largest absolute Gasteiger partial charge is 0.356 e. The molecule has 3 nitrogen and oxygen atoms in total. The Morgan fingerprint density at radius 3 is 2.09 bits per heavy atom. The number of benzene rings is 1. The highest BCUT2D eigenvalue weighted by Crippen LogP contribution is 2.34. The topological polar surface area (TPSA) is 38.9 Å². The molecule has 2 aromatic heterocycles. The molecule has 0 atom stereocenters. The monoisotopic (exact) mass is 306 g/mol. The highest BCUT2D eigenvalue weighted by atomic mass is 16.5. The first kappa shape index (κ1) is 15.5. The number of hydrogen-bond acceptors (Lipinski definition) is 3. The minimum Gasteiger partial charge on any atom is -0.356 e.